The maximum atomic E-state index is 13.7. The number of aliphatic hydroxyl groups is 2. The number of alkyl halides is 2. The molecule has 9 nitrogen and oxygen atoms in total. The van der Waals surface area contributed by atoms with Crippen LogP contribution in [-0.4, -0.2) is 62.6 Å². The lowest BCUT2D eigenvalue weighted by molar-refractivity contribution is -0.140. The molecule has 0 spiro atoms. The van der Waals surface area contributed by atoms with Gasteiger partial charge in [-0.2, -0.15) is 13.8 Å². The molecule has 0 amide bonds. The molecule has 2 aliphatic carbocycles. The molecule has 1 aliphatic heterocycles. The number of nitrogens with two attached hydrogens (primary N) is 2. The third kappa shape index (κ3) is 6.39. The molecule has 5 unspecified atom stereocenters. The highest BCUT2D eigenvalue weighted by atomic mass is 35.5. The first kappa shape index (κ1) is 28.4. The van der Waals surface area contributed by atoms with E-state index in [1.165, 1.54) is 37.7 Å². The number of benzene rings is 1. The standard InChI is InChI=1S/C15H22N2.C9H11F2N3O4.ClH/c16-12-6-8-13(9-7-12)17-15-10-14(15)11-4-2-1-3-5-11;10-9(11)6(16)4(3-15)18-7(9)14-2-1-5(12)13-8(14)17;/h1-5,12-15,17H,6-10,16H2;1-2,4,6-7,15-16H,3H2,(H2,12,13,17);1H. The number of aliphatic hydroxyl groups excluding tert-OH is 2. The van der Waals surface area contributed by atoms with Gasteiger partial charge < -0.3 is 31.7 Å². The number of hydrogen-bond donors (Lipinski definition) is 5. The Morgan fingerprint density at radius 2 is 1.83 bits per heavy atom. The monoisotopic (exact) mass is 529 g/mol. The molecule has 2 saturated carbocycles. The Morgan fingerprint density at radius 1 is 1.17 bits per heavy atom. The number of anilines is 1. The number of nitrogen functional groups attached to an aromatic ring is 1. The summed E-state index contributed by atoms with van der Waals surface area (Å²) in [6, 6.07) is 13.9. The Bertz CT molecular complexity index is 1040. The Kier molecular flexibility index (Phi) is 9.42. The molecule has 1 saturated heterocycles. The summed E-state index contributed by atoms with van der Waals surface area (Å²) in [6.45, 7) is -0.787. The summed E-state index contributed by atoms with van der Waals surface area (Å²) >= 11 is 0. The predicted octanol–water partition coefficient (Wildman–Crippen LogP) is 1.54. The molecule has 3 fully saturated rings. The van der Waals surface area contributed by atoms with Gasteiger partial charge in [0, 0.05) is 30.2 Å². The zero-order valence-corrected chi connectivity index (χ0v) is 20.6. The van der Waals surface area contributed by atoms with Crippen LogP contribution in [0.25, 0.3) is 0 Å². The molecule has 36 heavy (non-hydrogen) atoms. The van der Waals surface area contributed by atoms with Crippen LogP contribution < -0.4 is 22.5 Å². The summed E-state index contributed by atoms with van der Waals surface area (Å²) < 4.78 is 32.7. The highest BCUT2D eigenvalue weighted by Crippen LogP contribution is 2.42. The van der Waals surface area contributed by atoms with Crippen molar-refractivity contribution in [3.63, 3.8) is 0 Å². The lowest BCUT2D eigenvalue weighted by atomic mass is 9.92. The van der Waals surface area contributed by atoms with Crippen molar-refractivity contribution < 1.29 is 23.7 Å². The van der Waals surface area contributed by atoms with Gasteiger partial charge in [0.25, 0.3) is 0 Å². The molecular weight excluding hydrogens is 496 g/mol. The SMILES string of the molecule is Cl.NC1CCC(NC2CC2c2ccccc2)CC1.Nc1ccn(C2OC(CO)C(O)C2(F)F)c(=O)n1. The van der Waals surface area contributed by atoms with Gasteiger partial charge in [0.2, 0.25) is 6.23 Å². The maximum absolute atomic E-state index is 13.7. The molecule has 1 aromatic heterocycles. The molecule has 5 rings (SSSR count). The Morgan fingerprint density at radius 3 is 2.42 bits per heavy atom. The van der Waals surface area contributed by atoms with E-state index < -0.39 is 36.7 Å². The van der Waals surface area contributed by atoms with Crippen molar-refractivity contribution in [2.75, 3.05) is 12.3 Å². The van der Waals surface area contributed by atoms with E-state index in [-0.39, 0.29) is 18.2 Å². The Labute approximate surface area is 214 Å². The van der Waals surface area contributed by atoms with Crippen molar-refractivity contribution in [1.29, 1.82) is 0 Å². The minimum atomic E-state index is -3.71. The van der Waals surface area contributed by atoms with Crippen LogP contribution in [0, 0.1) is 0 Å². The predicted molar refractivity (Wildman–Crippen MR) is 133 cm³/mol. The fourth-order valence-electron chi connectivity index (χ4n) is 4.76. The topological polar surface area (TPSA) is 149 Å². The zero-order chi connectivity index (χ0) is 25.2. The number of aromatic nitrogens is 2. The van der Waals surface area contributed by atoms with Crippen LogP contribution in [0.1, 0.15) is 49.8 Å². The summed E-state index contributed by atoms with van der Waals surface area (Å²) in [6.07, 6.45) is 1.54. The van der Waals surface area contributed by atoms with Gasteiger partial charge in [0.05, 0.1) is 6.61 Å². The van der Waals surface area contributed by atoms with E-state index in [1.54, 1.807) is 0 Å². The number of ether oxygens (including phenoxy) is 1. The largest absolute Gasteiger partial charge is 0.394 e. The number of nitrogens with one attached hydrogen (secondary N) is 1. The van der Waals surface area contributed by atoms with Gasteiger partial charge in [-0.25, -0.2) is 4.79 Å². The number of nitrogens with zero attached hydrogens (tertiary/aromatic N) is 2. The van der Waals surface area contributed by atoms with Gasteiger partial charge in [-0.15, -0.1) is 12.4 Å². The Balaban J connectivity index is 0.000000195. The Hall–Kier alpha value is -2.15. The van der Waals surface area contributed by atoms with Crippen molar-refractivity contribution in [2.45, 2.75) is 80.5 Å². The molecule has 2 heterocycles. The fraction of sp³-hybridized carbons (Fsp3) is 0.583. The lowest BCUT2D eigenvalue weighted by Gasteiger charge is -2.27. The van der Waals surface area contributed by atoms with Crippen molar-refractivity contribution in [1.82, 2.24) is 14.9 Å². The van der Waals surface area contributed by atoms with Gasteiger partial charge in [0.15, 0.2) is 6.10 Å². The van der Waals surface area contributed by atoms with Gasteiger partial charge in [-0.1, -0.05) is 30.3 Å². The van der Waals surface area contributed by atoms with Crippen LogP contribution in [0.3, 0.4) is 0 Å². The normalized spacial score (nSPS) is 32.6. The third-order valence-electron chi connectivity index (χ3n) is 6.90. The average Bonchev–Trinajstić information content (AvgIpc) is 3.57. The molecular formula is C24H34ClF2N5O4. The lowest BCUT2D eigenvalue weighted by Crippen LogP contribution is -2.41. The van der Waals surface area contributed by atoms with E-state index in [1.807, 2.05) is 0 Å². The maximum Gasteiger partial charge on any atom is 0.351 e. The van der Waals surface area contributed by atoms with Crippen LogP contribution in [0.5, 0.6) is 0 Å². The summed E-state index contributed by atoms with van der Waals surface area (Å²) in [7, 11) is 0. The van der Waals surface area contributed by atoms with Crippen LogP contribution in [0.4, 0.5) is 14.6 Å². The fourth-order valence-corrected chi connectivity index (χ4v) is 4.76. The first-order valence-electron chi connectivity index (χ1n) is 11.9. The van der Waals surface area contributed by atoms with E-state index in [2.05, 4.69) is 40.6 Å². The summed E-state index contributed by atoms with van der Waals surface area (Å²) in [5, 5.41) is 21.9. The van der Waals surface area contributed by atoms with E-state index in [9.17, 15) is 18.7 Å². The number of rotatable bonds is 5. The molecule has 200 valence electrons. The third-order valence-corrected chi connectivity index (χ3v) is 6.90. The second-order valence-corrected chi connectivity index (χ2v) is 9.51. The van der Waals surface area contributed by atoms with E-state index in [0.29, 0.717) is 16.7 Å². The van der Waals surface area contributed by atoms with Crippen molar-refractivity contribution in [3.05, 3.63) is 58.6 Å². The highest BCUT2D eigenvalue weighted by Gasteiger charge is 2.59. The number of halogens is 3. The number of hydrogen-bond acceptors (Lipinski definition) is 8. The molecule has 2 aromatic rings. The minimum absolute atomic E-state index is 0. The van der Waals surface area contributed by atoms with Gasteiger partial charge >= 0.3 is 11.6 Å². The zero-order valence-electron chi connectivity index (χ0n) is 19.7. The summed E-state index contributed by atoms with van der Waals surface area (Å²) in [5.74, 6) is -3.07. The van der Waals surface area contributed by atoms with E-state index in [4.69, 9.17) is 21.3 Å². The van der Waals surface area contributed by atoms with Crippen molar-refractivity contribution >= 4 is 18.2 Å². The second kappa shape index (κ2) is 11.9. The van der Waals surface area contributed by atoms with Gasteiger partial charge in [0.1, 0.15) is 11.9 Å². The highest BCUT2D eigenvalue weighted by molar-refractivity contribution is 5.85. The molecule has 1 aromatic carbocycles. The minimum Gasteiger partial charge on any atom is -0.394 e. The van der Waals surface area contributed by atoms with Crippen LogP contribution in [0.15, 0.2) is 47.4 Å². The first-order valence-corrected chi connectivity index (χ1v) is 11.9. The molecule has 0 bridgehead atoms. The van der Waals surface area contributed by atoms with E-state index in [0.717, 1.165) is 24.2 Å². The van der Waals surface area contributed by atoms with E-state index >= 15 is 0 Å². The van der Waals surface area contributed by atoms with Crippen LogP contribution in [-0.2, 0) is 4.74 Å². The molecule has 3 aliphatic rings. The van der Waals surface area contributed by atoms with Gasteiger partial charge in [-0.05, 0) is 43.7 Å². The molecule has 7 N–H and O–H groups in total. The van der Waals surface area contributed by atoms with Crippen molar-refractivity contribution in [3.8, 4) is 0 Å². The second-order valence-electron chi connectivity index (χ2n) is 9.51. The van der Waals surface area contributed by atoms with Crippen LogP contribution >= 0.6 is 12.4 Å². The molecule has 0 radical (unpaired) electrons. The summed E-state index contributed by atoms with van der Waals surface area (Å²) in [4.78, 5) is 14.7. The van der Waals surface area contributed by atoms with Crippen molar-refractivity contribution in [2.24, 2.45) is 5.73 Å². The van der Waals surface area contributed by atoms with Crippen LogP contribution in [0.2, 0.25) is 0 Å². The average molecular weight is 530 g/mol. The quantitative estimate of drug-likeness (QED) is 0.391. The molecule has 5 atom stereocenters. The summed E-state index contributed by atoms with van der Waals surface area (Å²) in [5.41, 5.74) is 11.6. The van der Waals surface area contributed by atoms with Gasteiger partial charge in [-0.3, -0.25) is 4.57 Å². The molecule has 12 heteroatoms. The smallest absolute Gasteiger partial charge is 0.351 e. The first-order chi connectivity index (χ1) is 16.7.